The van der Waals surface area contributed by atoms with Gasteiger partial charge in [0, 0.05) is 43.2 Å². The zero-order chi connectivity index (χ0) is 19.0. The summed E-state index contributed by atoms with van der Waals surface area (Å²) in [5.74, 6) is 1.96. The number of hydrogen-bond donors (Lipinski definition) is 1. The largest absolute Gasteiger partial charge is 0.368 e. The van der Waals surface area contributed by atoms with Gasteiger partial charge in [-0.05, 0) is 27.2 Å². The van der Waals surface area contributed by atoms with Crippen molar-refractivity contribution in [1.29, 1.82) is 0 Å². The molecule has 0 fully saturated rings. The Kier molecular flexibility index (Phi) is 4.76. The van der Waals surface area contributed by atoms with Gasteiger partial charge in [-0.25, -0.2) is 19.9 Å². The number of amides is 1. The van der Waals surface area contributed by atoms with Crippen LogP contribution in [0.25, 0.3) is 0 Å². The maximum absolute atomic E-state index is 12.9. The van der Waals surface area contributed by atoms with Crippen molar-refractivity contribution in [3.05, 3.63) is 34.0 Å². The van der Waals surface area contributed by atoms with E-state index in [1.54, 1.807) is 0 Å². The van der Waals surface area contributed by atoms with Gasteiger partial charge in [-0.3, -0.25) is 4.79 Å². The summed E-state index contributed by atoms with van der Waals surface area (Å²) in [5.41, 5.74) is 10.1. The van der Waals surface area contributed by atoms with E-state index in [9.17, 15) is 4.79 Å². The number of carbonyl (C=O) groups excluding carboxylic acids is 1. The molecule has 1 amide bonds. The molecular weight excluding hydrogens is 330 g/mol. The summed E-state index contributed by atoms with van der Waals surface area (Å²) >= 11 is 0. The van der Waals surface area contributed by atoms with Crippen LogP contribution >= 0.6 is 0 Å². The number of hydrogen-bond acceptors (Lipinski definition) is 7. The van der Waals surface area contributed by atoms with E-state index in [0.29, 0.717) is 13.1 Å². The summed E-state index contributed by atoms with van der Waals surface area (Å²) in [6.45, 7) is 6.77. The van der Waals surface area contributed by atoms with E-state index in [2.05, 4.69) is 19.9 Å². The number of fused-ring (bicyclic) bond motifs is 1. The average molecular weight is 355 g/mol. The number of nitrogen functional groups attached to an aromatic ring is 1. The minimum atomic E-state index is 0.0536. The van der Waals surface area contributed by atoms with Gasteiger partial charge in [0.25, 0.3) is 0 Å². The summed E-state index contributed by atoms with van der Waals surface area (Å²) in [4.78, 5) is 34.2. The van der Waals surface area contributed by atoms with E-state index in [4.69, 9.17) is 5.73 Å². The third kappa shape index (κ3) is 3.44. The number of carbonyl (C=O) groups is 1. The Morgan fingerprint density at radius 2 is 1.77 bits per heavy atom. The molecule has 0 atom stereocenters. The molecule has 2 N–H and O–H groups in total. The quantitative estimate of drug-likeness (QED) is 0.875. The van der Waals surface area contributed by atoms with Gasteiger partial charge in [0.15, 0.2) is 0 Å². The van der Waals surface area contributed by atoms with E-state index in [1.807, 2.05) is 44.7 Å². The van der Waals surface area contributed by atoms with E-state index in [0.717, 1.165) is 46.3 Å². The molecule has 1 aliphatic rings. The Hall–Kier alpha value is -2.77. The molecule has 26 heavy (non-hydrogen) atoms. The average Bonchev–Trinajstić information content (AvgIpc) is 2.56. The number of aryl methyl sites for hydroxylation is 3. The Morgan fingerprint density at radius 3 is 2.38 bits per heavy atom. The van der Waals surface area contributed by atoms with Crippen LogP contribution in [0.5, 0.6) is 0 Å². The second-order valence-corrected chi connectivity index (χ2v) is 6.89. The van der Waals surface area contributed by atoms with Crippen molar-refractivity contribution >= 4 is 17.7 Å². The maximum atomic E-state index is 12.9. The summed E-state index contributed by atoms with van der Waals surface area (Å²) < 4.78 is 0. The van der Waals surface area contributed by atoms with Gasteiger partial charge < -0.3 is 15.5 Å². The molecular formula is C18H25N7O. The highest BCUT2D eigenvalue weighted by Gasteiger charge is 2.26. The molecule has 3 heterocycles. The maximum Gasteiger partial charge on any atom is 0.227 e. The molecule has 0 radical (unpaired) electrons. The molecule has 1 aliphatic heterocycles. The molecule has 0 saturated carbocycles. The van der Waals surface area contributed by atoms with Crippen LogP contribution in [0.2, 0.25) is 0 Å². The first-order valence-corrected chi connectivity index (χ1v) is 8.67. The molecule has 2 aromatic rings. The van der Waals surface area contributed by atoms with Crippen molar-refractivity contribution in [3.63, 3.8) is 0 Å². The van der Waals surface area contributed by atoms with Crippen LogP contribution in [0.3, 0.4) is 0 Å². The van der Waals surface area contributed by atoms with E-state index >= 15 is 0 Å². The molecule has 0 bridgehead atoms. The fraction of sp³-hybridized carbons (Fsp3) is 0.500. The number of nitrogens with zero attached hydrogens (tertiary/aromatic N) is 6. The molecule has 0 saturated heterocycles. The molecule has 3 rings (SSSR count). The summed E-state index contributed by atoms with van der Waals surface area (Å²) in [6, 6.07) is 0. The van der Waals surface area contributed by atoms with E-state index < -0.39 is 0 Å². The van der Waals surface area contributed by atoms with Crippen LogP contribution in [0.4, 0.5) is 11.8 Å². The Balaban J connectivity index is 1.82. The summed E-state index contributed by atoms with van der Waals surface area (Å²) in [7, 11) is 3.96. The van der Waals surface area contributed by atoms with Gasteiger partial charge in [0.1, 0.15) is 11.6 Å². The van der Waals surface area contributed by atoms with Crippen molar-refractivity contribution < 1.29 is 4.79 Å². The van der Waals surface area contributed by atoms with Gasteiger partial charge in [0.05, 0.1) is 18.7 Å². The lowest BCUT2D eigenvalue weighted by atomic mass is 10.0. The predicted octanol–water partition coefficient (Wildman–Crippen LogP) is 0.967. The number of aromatic nitrogens is 4. The molecule has 0 aromatic carbocycles. The molecule has 0 aliphatic carbocycles. The molecule has 0 unspecified atom stereocenters. The molecule has 0 spiro atoms. The Morgan fingerprint density at radius 1 is 1.12 bits per heavy atom. The lowest BCUT2D eigenvalue weighted by molar-refractivity contribution is -0.131. The fourth-order valence-electron chi connectivity index (χ4n) is 3.40. The highest BCUT2D eigenvalue weighted by Crippen LogP contribution is 2.26. The second kappa shape index (κ2) is 6.86. The van der Waals surface area contributed by atoms with Crippen LogP contribution in [-0.4, -0.2) is 51.4 Å². The zero-order valence-electron chi connectivity index (χ0n) is 16.0. The highest BCUT2D eigenvalue weighted by atomic mass is 16.2. The van der Waals surface area contributed by atoms with Gasteiger partial charge in [-0.15, -0.1) is 0 Å². The predicted molar refractivity (Wildman–Crippen MR) is 99.8 cm³/mol. The van der Waals surface area contributed by atoms with Gasteiger partial charge in [-0.2, -0.15) is 0 Å². The molecule has 138 valence electrons. The number of rotatable bonds is 3. The van der Waals surface area contributed by atoms with Gasteiger partial charge in [-0.1, -0.05) is 0 Å². The van der Waals surface area contributed by atoms with Crippen LogP contribution in [-0.2, 0) is 24.2 Å². The highest BCUT2D eigenvalue weighted by molar-refractivity contribution is 5.79. The SMILES string of the molecule is Cc1nc2c(c(N(C)C)n1)CCN(C(=O)Cc1c(C)nc(N)nc1C)C2. The minimum Gasteiger partial charge on any atom is -0.368 e. The first kappa shape index (κ1) is 18.0. The minimum absolute atomic E-state index is 0.0536. The third-order valence-electron chi connectivity index (χ3n) is 4.70. The van der Waals surface area contributed by atoms with Crippen LogP contribution in [0.1, 0.15) is 34.0 Å². The van der Waals surface area contributed by atoms with Crippen molar-refractivity contribution in [1.82, 2.24) is 24.8 Å². The lowest BCUT2D eigenvalue weighted by Gasteiger charge is -2.30. The standard InChI is InChI=1S/C18H25N7O/c1-10-14(11(2)21-18(19)20-10)8-16(26)25-7-6-13-15(9-25)22-12(3)23-17(13)24(4)5/h6-9H2,1-5H3,(H2,19,20,21). The van der Waals surface area contributed by atoms with Crippen molar-refractivity contribution in [2.75, 3.05) is 31.3 Å². The van der Waals surface area contributed by atoms with Crippen LogP contribution in [0, 0.1) is 20.8 Å². The number of anilines is 2. The third-order valence-corrected chi connectivity index (χ3v) is 4.70. The lowest BCUT2D eigenvalue weighted by Crippen LogP contribution is -2.38. The van der Waals surface area contributed by atoms with Gasteiger partial charge >= 0.3 is 0 Å². The molecule has 8 nitrogen and oxygen atoms in total. The van der Waals surface area contributed by atoms with E-state index in [-0.39, 0.29) is 18.3 Å². The van der Waals surface area contributed by atoms with Crippen molar-refractivity contribution in [2.45, 2.75) is 40.2 Å². The Labute approximate surface area is 153 Å². The first-order valence-electron chi connectivity index (χ1n) is 8.67. The molecule has 2 aromatic heterocycles. The fourth-order valence-corrected chi connectivity index (χ4v) is 3.40. The smallest absolute Gasteiger partial charge is 0.227 e. The summed E-state index contributed by atoms with van der Waals surface area (Å²) in [5, 5.41) is 0. The van der Waals surface area contributed by atoms with Crippen LogP contribution in [0.15, 0.2) is 0 Å². The first-order chi connectivity index (χ1) is 12.3. The zero-order valence-corrected chi connectivity index (χ0v) is 16.0. The monoisotopic (exact) mass is 355 g/mol. The second-order valence-electron chi connectivity index (χ2n) is 6.89. The normalized spacial score (nSPS) is 13.5. The summed E-state index contributed by atoms with van der Waals surface area (Å²) in [6.07, 6.45) is 1.03. The van der Waals surface area contributed by atoms with Crippen molar-refractivity contribution in [3.8, 4) is 0 Å². The van der Waals surface area contributed by atoms with Crippen molar-refractivity contribution in [2.24, 2.45) is 0 Å². The Bertz CT molecular complexity index is 840. The number of nitrogens with two attached hydrogens (primary N) is 1. The van der Waals surface area contributed by atoms with Crippen LogP contribution < -0.4 is 10.6 Å². The topological polar surface area (TPSA) is 101 Å². The van der Waals surface area contributed by atoms with Gasteiger partial charge in [0.2, 0.25) is 11.9 Å². The van der Waals surface area contributed by atoms with E-state index in [1.165, 1.54) is 0 Å². The molecule has 8 heteroatoms.